The van der Waals surface area contributed by atoms with Crippen molar-refractivity contribution in [3.05, 3.63) is 0 Å². The van der Waals surface area contributed by atoms with Gasteiger partial charge < -0.3 is 24.8 Å². The van der Waals surface area contributed by atoms with Crippen molar-refractivity contribution in [2.45, 2.75) is 108 Å². The molecular formula is C24H38N2O6. The van der Waals surface area contributed by atoms with Crippen molar-refractivity contribution >= 4 is 17.8 Å². The number of nitrogens with zero attached hydrogens (tertiary/aromatic N) is 1. The molecule has 4 fully saturated rings. The fourth-order valence-corrected chi connectivity index (χ4v) is 6.88. The highest BCUT2D eigenvalue weighted by molar-refractivity contribution is 5.98. The molecule has 4 aliphatic rings. The monoisotopic (exact) mass is 450 g/mol. The van der Waals surface area contributed by atoms with Crippen LogP contribution in [0.2, 0.25) is 0 Å². The van der Waals surface area contributed by atoms with Crippen LogP contribution in [-0.4, -0.2) is 70.3 Å². The molecule has 0 radical (unpaired) electrons. The molecule has 8 nitrogen and oxygen atoms in total. The molecule has 3 saturated heterocycles. The lowest BCUT2D eigenvalue weighted by Gasteiger charge is -2.38. The Labute approximate surface area is 190 Å². The van der Waals surface area contributed by atoms with E-state index in [0.29, 0.717) is 25.7 Å². The van der Waals surface area contributed by atoms with Gasteiger partial charge in [0.15, 0.2) is 0 Å². The van der Waals surface area contributed by atoms with Gasteiger partial charge >= 0.3 is 5.97 Å². The Bertz CT molecular complexity index is 749. The third kappa shape index (κ3) is 3.36. The van der Waals surface area contributed by atoms with E-state index in [1.54, 1.807) is 11.8 Å². The number of nitrogens with one attached hydrogen (secondary N) is 1. The van der Waals surface area contributed by atoms with E-state index in [2.05, 4.69) is 5.32 Å². The minimum Gasteiger partial charge on any atom is -0.466 e. The van der Waals surface area contributed by atoms with E-state index < -0.39 is 41.1 Å². The van der Waals surface area contributed by atoms with Crippen LogP contribution in [0.3, 0.4) is 0 Å². The van der Waals surface area contributed by atoms with Gasteiger partial charge in [-0.2, -0.15) is 0 Å². The predicted octanol–water partition coefficient (Wildman–Crippen LogP) is 1.92. The third-order valence-corrected chi connectivity index (χ3v) is 8.43. The first-order valence-electron chi connectivity index (χ1n) is 12.5. The number of amides is 2. The van der Waals surface area contributed by atoms with Gasteiger partial charge in [0.05, 0.1) is 30.8 Å². The molecule has 8 heteroatoms. The van der Waals surface area contributed by atoms with Crippen molar-refractivity contribution in [3.63, 3.8) is 0 Å². The molecule has 0 aromatic rings. The molecule has 2 N–H and O–H groups in total. The van der Waals surface area contributed by atoms with E-state index in [9.17, 15) is 19.5 Å². The zero-order valence-corrected chi connectivity index (χ0v) is 19.6. The summed E-state index contributed by atoms with van der Waals surface area (Å²) in [5, 5.41) is 13.2. The molecule has 0 aromatic heterocycles. The minimum atomic E-state index is -1.05. The zero-order chi connectivity index (χ0) is 23.1. The number of fused-ring (bicyclic) bond motifs is 1. The van der Waals surface area contributed by atoms with Crippen molar-refractivity contribution in [3.8, 4) is 0 Å². The number of aliphatic hydroxyl groups is 1. The highest BCUT2D eigenvalue weighted by Crippen LogP contribution is 2.64. The molecule has 32 heavy (non-hydrogen) atoms. The maximum Gasteiger partial charge on any atom is 0.312 e. The summed E-state index contributed by atoms with van der Waals surface area (Å²) in [6.07, 6.45) is 7.48. The second-order valence-electron chi connectivity index (χ2n) is 9.92. The lowest BCUT2D eigenvalue weighted by Crippen LogP contribution is -2.59. The van der Waals surface area contributed by atoms with Crippen molar-refractivity contribution in [1.29, 1.82) is 0 Å². The zero-order valence-electron chi connectivity index (χ0n) is 19.6. The summed E-state index contributed by atoms with van der Waals surface area (Å²) in [5.41, 5.74) is -1.82. The fourth-order valence-electron chi connectivity index (χ4n) is 6.88. The average Bonchev–Trinajstić information content (AvgIpc) is 3.40. The lowest BCUT2D eigenvalue weighted by molar-refractivity contribution is -0.162. The fraction of sp³-hybridized carbons (Fsp3) is 0.875. The topological polar surface area (TPSA) is 105 Å². The van der Waals surface area contributed by atoms with Crippen LogP contribution in [0.15, 0.2) is 0 Å². The van der Waals surface area contributed by atoms with Crippen LogP contribution < -0.4 is 5.32 Å². The van der Waals surface area contributed by atoms with Gasteiger partial charge in [0, 0.05) is 6.04 Å². The third-order valence-electron chi connectivity index (χ3n) is 8.43. The number of carbonyl (C=O) groups excluding carboxylic acids is 3. The summed E-state index contributed by atoms with van der Waals surface area (Å²) in [6, 6.07) is -1.24. The Morgan fingerprint density at radius 3 is 2.53 bits per heavy atom. The van der Waals surface area contributed by atoms with Gasteiger partial charge in [0.25, 0.3) is 0 Å². The number of rotatable bonds is 8. The Kier molecular flexibility index (Phi) is 6.56. The quantitative estimate of drug-likeness (QED) is 0.548. The maximum absolute atomic E-state index is 13.9. The Morgan fingerprint density at radius 2 is 1.94 bits per heavy atom. The van der Waals surface area contributed by atoms with E-state index in [1.807, 2.05) is 13.8 Å². The number of hydrogen-bond acceptors (Lipinski definition) is 6. The summed E-state index contributed by atoms with van der Waals surface area (Å²) in [4.78, 5) is 42.2. The van der Waals surface area contributed by atoms with Crippen LogP contribution in [0.25, 0.3) is 0 Å². The van der Waals surface area contributed by atoms with E-state index in [-0.39, 0.29) is 31.1 Å². The summed E-state index contributed by atoms with van der Waals surface area (Å²) in [7, 11) is 0. The summed E-state index contributed by atoms with van der Waals surface area (Å²) >= 11 is 0. The van der Waals surface area contributed by atoms with Crippen molar-refractivity contribution in [1.82, 2.24) is 10.2 Å². The van der Waals surface area contributed by atoms with E-state index in [4.69, 9.17) is 9.47 Å². The predicted molar refractivity (Wildman–Crippen MR) is 116 cm³/mol. The number of likely N-dealkylation sites (tertiary alicyclic amines) is 1. The number of carbonyl (C=O) groups is 3. The molecule has 2 amide bonds. The maximum atomic E-state index is 13.9. The van der Waals surface area contributed by atoms with Crippen LogP contribution in [-0.2, 0) is 23.9 Å². The number of aliphatic hydroxyl groups excluding tert-OH is 1. The Morgan fingerprint density at radius 1 is 1.22 bits per heavy atom. The second kappa shape index (κ2) is 8.93. The number of esters is 1. The molecule has 3 aliphatic heterocycles. The van der Waals surface area contributed by atoms with Gasteiger partial charge in [0.1, 0.15) is 17.6 Å². The van der Waals surface area contributed by atoms with Crippen LogP contribution in [0, 0.1) is 11.8 Å². The molecule has 3 heterocycles. The van der Waals surface area contributed by atoms with Crippen molar-refractivity contribution < 1.29 is 29.0 Å². The van der Waals surface area contributed by atoms with E-state index in [0.717, 1.165) is 25.7 Å². The first-order chi connectivity index (χ1) is 15.4. The number of hydrogen-bond donors (Lipinski definition) is 2. The normalized spacial score (nSPS) is 37.4. The summed E-state index contributed by atoms with van der Waals surface area (Å²) < 4.78 is 12.0. The van der Waals surface area contributed by atoms with Gasteiger partial charge in [-0.15, -0.1) is 0 Å². The van der Waals surface area contributed by atoms with E-state index in [1.165, 1.54) is 6.42 Å². The molecule has 6 atom stereocenters. The highest BCUT2D eigenvalue weighted by atomic mass is 16.6. The van der Waals surface area contributed by atoms with Crippen molar-refractivity contribution in [2.75, 3.05) is 13.2 Å². The van der Waals surface area contributed by atoms with E-state index >= 15 is 0 Å². The molecule has 1 spiro atoms. The van der Waals surface area contributed by atoms with Gasteiger partial charge in [-0.3, -0.25) is 14.4 Å². The minimum absolute atomic E-state index is 0.0949. The molecule has 1 aliphatic carbocycles. The molecule has 4 rings (SSSR count). The Balaban J connectivity index is 1.74. The molecule has 2 unspecified atom stereocenters. The van der Waals surface area contributed by atoms with Crippen LogP contribution in [0.4, 0.5) is 0 Å². The SMILES string of the molecule is CCOC(=O)[C@@H]1[C@H]2C(=O)N([C@@H](CC)CO)C(C(=O)NC3CCCCC3)C23CC[C@@]1(CC)O3. The number of ether oxygens (including phenoxy) is 2. The van der Waals surface area contributed by atoms with Gasteiger partial charge in [-0.25, -0.2) is 0 Å². The molecule has 2 bridgehead atoms. The second-order valence-corrected chi connectivity index (χ2v) is 9.92. The summed E-state index contributed by atoms with van der Waals surface area (Å²) in [5.74, 6) is -2.36. The smallest absolute Gasteiger partial charge is 0.312 e. The molecule has 0 aromatic carbocycles. The first-order valence-corrected chi connectivity index (χ1v) is 12.5. The van der Waals surface area contributed by atoms with Crippen molar-refractivity contribution in [2.24, 2.45) is 11.8 Å². The largest absolute Gasteiger partial charge is 0.466 e. The molecule has 1 saturated carbocycles. The molecule has 180 valence electrons. The van der Waals surface area contributed by atoms with Gasteiger partial charge in [-0.05, 0) is 45.4 Å². The first kappa shape index (κ1) is 23.5. The average molecular weight is 451 g/mol. The lowest BCUT2D eigenvalue weighted by atomic mass is 9.65. The van der Waals surface area contributed by atoms with Gasteiger partial charge in [0.2, 0.25) is 11.8 Å². The van der Waals surface area contributed by atoms with Gasteiger partial charge in [-0.1, -0.05) is 33.1 Å². The van der Waals surface area contributed by atoms with Crippen LogP contribution in [0.1, 0.15) is 78.6 Å². The highest BCUT2D eigenvalue weighted by Gasteiger charge is 2.79. The Hall–Kier alpha value is -1.67. The standard InChI is InChI=1S/C24H38N2O6/c1-4-16(14-27)26-19(20(28)25-15-10-8-7-9-11-15)24-13-12-23(5-2,32-24)18(17(24)21(26)29)22(30)31-6-3/h15-19,27H,4-14H2,1-3H3,(H,25,28)/t16-,17-,18-,19?,23+,24?/m0/s1. The van der Waals surface area contributed by atoms with Crippen LogP contribution in [0.5, 0.6) is 0 Å². The molecular weight excluding hydrogens is 412 g/mol. The summed E-state index contributed by atoms with van der Waals surface area (Å²) in [6.45, 7) is 5.61. The van der Waals surface area contributed by atoms with Crippen LogP contribution >= 0.6 is 0 Å².